The molecule has 3 heterocycles. The summed E-state index contributed by atoms with van der Waals surface area (Å²) in [5.41, 5.74) is -0.289. The van der Waals surface area contributed by atoms with Crippen molar-refractivity contribution < 1.29 is 23.8 Å². The molecule has 0 aromatic heterocycles. The molecule has 0 unspecified atom stereocenters. The molecule has 2 amide bonds. The van der Waals surface area contributed by atoms with E-state index in [9.17, 15) is 9.59 Å². The zero-order valence-electron chi connectivity index (χ0n) is 13.1. The highest BCUT2D eigenvalue weighted by Gasteiger charge is 2.66. The molecular weight excluding hydrogens is 298 g/mol. The summed E-state index contributed by atoms with van der Waals surface area (Å²) in [6, 6.07) is 5.06. The topological polar surface area (TPSA) is 65.1 Å². The highest BCUT2D eigenvalue weighted by atomic mass is 16.5. The average molecular weight is 315 g/mol. The molecule has 2 fully saturated rings. The summed E-state index contributed by atoms with van der Waals surface area (Å²) in [5.74, 6) is -0.430. The maximum absolute atomic E-state index is 13.0. The number of fused-ring (bicyclic) bond motifs is 5. The van der Waals surface area contributed by atoms with E-state index in [0.29, 0.717) is 17.2 Å². The van der Waals surface area contributed by atoms with Crippen LogP contribution in [0.1, 0.15) is 6.92 Å². The lowest BCUT2D eigenvalue weighted by Crippen LogP contribution is -2.38. The van der Waals surface area contributed by atoms with Gasteiger partial charge in [0.15, 0.2) is 0 Å². The van der Waals surface area contributed by atoms with Gasteiger partial charge in [0.05, 0.1) is 43.4 Å². The lowest BCUT2D eigenvalue weighted by Gasteiger charge is -2.24. The first-order valence-corrected chi connectivity index (χ1v) is 7.47. The summed E-state index contributed by atoms with van der Waals surface area (Å²) in [6.07, 6.45) is 3.43. The second kappa shape index (κ2) is 4.58. The van der Waals surface area contributed by atoms with E-state index < -0.39 is 17.4 Å². The Bertz CT molecular complexity index is 742. The van der Waals surface area contributed by atoms with Crippen molar-refractivity contribution in [1.82, 2.24) is 0 Å². The average Bonchev–Trinajstić information content (AvgIpc) is 3.16. The van der Waals surface area contributed by atoms with Gasteiger partial charge in [-0.2, -0.15) is 0 Å². The third-order valence-corrected chi connectivity index (χ3v) is 4.96. The number of hydrogen-bond acceptors (Lipinski definition) is 5. The van der Waals surface area contributed by atoms with Gasteiger partial charge in [0, 0.05) is 6.07 Å². The summed E-state index contributed by atoms with van der Waals surface area (Å²) in [7, 11) is 3.04. The summed E-state index contributed by atoms with van der Waals surface area (Å²) >= 11 is 0. The lowest BCUT2D eigenvalue weighted by atomic mass is 9.78. The molecule has 6 nitrogen and oxygen atoms in total. The van der Waals surface area contributed by atoms with Crippen LogP contribution in [0.4, 0.5) is 5.69 Å². The van der Waals surface area contributed by atoms with Crippen molar-refractivity contribution in [2.45, 2.75) is 18.6 Å². The lowest BCUT2D eigenvalue weighted by molar-refractivity contribution is -0.126. The van der Waals surface area contributed by atoms with Crippen LogP contribution in [0.15, 0.2) is 30.4 Å². The van der Waals surface area contributed by atoms with Gasteiger partial charge in [-0.25, -0.2) is 4.90 Å². The number of benzene rings is 1. The van der Waals surface area contributed by atoms with Crippen LogP contribution in [0.3, 0.4) is 0 Å². The number of imide groups is 1. The van der Waals surface area contributed by atoms with E-state index >= 15 is 0 Å². The molecule has 1 aromatic carbocycles. The van der Waals surface area contributed by atoms with Gasteiger partial charge in [-0.1, -0.05) is 12.2 Å². The van der Waals surface area contributed by atoms with E-state index in [4.69, 9.17) is 14.2 Å². The second-order valence-corrected chi connectivity index (χ2v) is 6.18. The summed E-state index contributed by atoms with van der Waals surface area (Å²) in [5, 5.41) is 0. The van der Waals surface area contributed by atoms with Crippen molar-refractivity contribution in [2.24, 2.45) is 11.8 Å². The fraction of sp³-hybridized carbons (Fsp3) is 0.412. The largest absolute Gasteiger partial charge is 0.497 e. The molecule has 1 aromatic rings. The first-order chi connectivity index (χ1) is 11.0. The van der Waals surface area contributed by atoms with Crippen molar-refractivity contribution in [3.05, 3.63) is 30.4 Å². The summed E-state index contributed by atoms with van der Waals surface area (Å²) in [4.78, 5) is 27.1. The van der Waals surface area contributed by atoms with Gasteiger partial charge >= 0.3 is 0 Å². The third kappa shape index (κ3) is 1.72. The Labute approximate surface area is 133 Å². The Hall–Kier alpha value is -2.34. The van der Waals surface area contributed by atoms with E-state index in [-0.39, 0.29) is 17.9 Å². The number of rotatable bonds is 3. The van der Waals surface area contributed by atoms with Gasteiger partial charge in [0.1, 0.15) is 11.5 Å². The number of ether oxygens (including phenoxy) is 3. The molecule has 2 saturated heterocycles. The van der Waals surface area contributed by atoms with Crippen LogP contribution >= 0.6 is 0 Å². The van der Waals surface area contributed by atoms with E-state index in [0.717, 1.165) is 0 Å². The molecule has 0 saturated carbocycles. The quantitative estimate of drug-likeness (QED) is 0.625. The van der Waals surface area contributed by atoms with Crippen LogP contribution in [0.5, 0.6) is 11.5 Å². The predicted octanol–water partition coefficient (Wildman–Crippen LogP) is 1.54. The van der Waals surface area contributed by atoms with Crippen LogP contribution in [0.25, 0.3) is 0 Å². The summed E-state index contributed by atoms with van der Waals surface area (Å²) < 4.78 is 16.4. The van der Waals surface area contributed by atoms with Gasteiger partial charge in [0.25, 0.3) is 0 Å². The smallest absolute Gasteiger partial charge is 0.241 e. The zero-order valence-corrected chi connectivity index (χ0v) is 13.1. The van der Waals surface area contributed by atoms with Gasteiger partial charge in [0.2, 0.25) is 11.8 Å². The normalized spacial score (nSPS) is 34.2. The number of methoxy groups -OCH3 is 2. The molecule has 3 aliphatic rings. The van der Waals surface area contributed by atoms with E-state index in [1.807, 2.05) is 19.1 Å². The Balaban J connectivity index is 1.80. The van der Waals surface area contributed by atoms with E-state index in [2.05, 4.69) is 0 Å². The molecule has 0 spiro atoms. The summed E-state index contributed by atoms with van der Waals surface area (Å²) in [6.45, 7) is 1.85. The van der Waals surface area contributed by atoms with Gasteiger partial charge in [-0.15, -0.1) is 0 Å². The molecule has 2 bridgehead atoms. The van der Waals surface area contributed by atoms with Crippen LogP contribution in [-0.4, -0.2) is 37.7 Å². The standard InChI is InChI=1S/C17H17NO5/c1-17-7-6-12(23-17)13-14(17)16(20)18(15(13)19)10-8-9(21-2)4-5-11(10)22-3/h4-8,12-14H,1-3H3/t12-,13+,14-,17-/m1/s1. The van der Waals surface area contributed by atoms with Crippen LogP contribution in [0, 0.1) is 11.8 Å². The SMILES string of the molecule is COc1ccc(OC)c(N2C(=O)[C@H]3[C@H]4C=C[C@@](C)(O4)[C@H]3C2=O)c1. The molecule has 4 atom stereocenters. The maximum atomic E-state index is 13.0. The first-order valence-electron chi connectivity index (χ1n) is 7.47. The Morgan fingerprint density at radius 3 is 2.61 bits per heavy atom. The molecule has 6 heteroatoms. The van der Waals surface area contributed by atoms with Crippen LogP contribution in [0.2, 0.25) is 0 Å². The zero-order chi connectivity index (χ0) is 16.4. The van der Waals surface area contributed by atoms with Crippen LogP contribution in [-0.2, 0) is 14.3 Å². The molecule has 0 N–H and O–H groups in total. The van der Waals surface area contributed by atoms with Gasteiger partial charge < -0.3 is 14.2 Å². The van der Waals surface area contributed by atoms with Crippen molar-refractivity contribution in [3.63, 3.8) is 0 Å². The minimum atomic E-state index is -0.705. The number of amides is 2. The fourth-order valence-corrected chi connectivity index (χ4v) is 3.86. The molecule has 0 aliphatic carbocycles. The van der Waals surface area contributed by atoms with Gasteiger partial charge in [-0.05, 0) is 19.1 Å². The Morgan fingerprint density at radius 2 is 1.96 bits per heavy atom. The van der Waals surface area contributed by atoms with Crippen molar-refractivity contribution in [3.8, 4) is 11.5 Å². The third-order valence-electron chi connectivity index (χ3n) is 4.96. The minimum Gasteiger partial charge on any atom is -0.497 e. The minimum absolute atomic E-state index is 0.246. The molecule has 4 rings (SSSR count). The number of carbonyl (C=O) groups is 2. The maximum Gasteiger partial charge on any atom is 0.241 e. The van der Waals surface area contributed by atoms with Gasteiger partial charge in [-0.3, -0.25) is 9.59 Å². The highest BCUT2D eigenvalue weighted by molar-refractivity contribution is 6.24. The Morgan fingerprint density at radius 1 is 1.17 bits per heavy atom. The monoisotopic (exact) mass is 315 g/mol. The van der Waals surface area contributed by atoms with Crippen molar-refractivity contribution >= 4 is 17.5 Å². The van der Waals surface area contributed by atoms with E-state index in [1.54, 1.807) is 18.2 Å². The number of anilines is 1. The Kier molecular flexibility index (Phi) is 2.84. The van der Waals surface area contributed by atoms with E-state index in [1.165, 1.54) is 19.1 Å². The number of carbonyl (C=O) groups excluding carboxylic acids is 2. The molecule has 23 heavy (non-hydrogen) atoms. The number of nitrogens with zero attached hydrogens (tertiary/aromatic N) is 1. The fourth-order valence-electron chi connectivity index (χ4n) is 3.86. The predicted molar refractivity (Wildman–Crippen MR) is 81.4 cm³/mol. The first kappa shape index (κ1) is 14.3. The van der Waals surface area contributed by atoms with Crippen molar-refractivity contribution in [1.29, 1.82) is 0 Å². The molecule has 120 valence electrons. The number of hydrogen-bond donors (Lipinski definition) is 0. The molecule has 0 radical (unpaired) electrons. The second-order valence-electron chi connectivity index (χ2n) is 6.18. The molecular formula is C17H17NO5. The van der Waals surface area contributed by atoms with Crippen LogP contribution < -0.4 is 14.4 Å². The molecule has 3 aliphatic heterocycles. The van der Waals surface area contributed by atoms with Crippen molar-refractivity contribution in [2.75, 3.05) is 19.1 Å². The highest BCUT2D eigenvalue weighted by Crippen LogP contribution is 2.53.